The van der Waals surface area contributed by atoms with Crippen LogP contribution in [-0.4, -0.2) is 5.11 Å². The Labute approximate surface area is 60.8 Å². The summed E-state index contributed by atoms with van der Waals surface area (Å²) >= 11 is 0. The van der Waals surface area contributed by atoms with Crippen molar-refractivity contribution in [3.8, 4) is 5.75 Å². The van der Waals surface area contributed by atoms with E-state index in [1.165, 1.54) is 0 Å². The van der Waals surface area contributed by atoms with Crippen LogP contribution in [0.25, 0.3) is 0 Å². The summed E-state index contributed by atoms with van der Waals surface area (Å²) in [5.74, 6) is 0.146. The molecular formula is C6H9NOS. The van der Waals surface area contributed by atoms with Crippen LogP contribution < -0.4 is 5.73 Å². The summed E-state index contributed by atoms with van der Waals surface area (Å²) in [5.41, 5.74) is 5.69. The molecule has 0 aliphatic carbocycles. The van der Waals surface area contributed by atoms with Gasteiger partial charge in [0.05, 0.1) is 5.69 Å². The lowest BCUT2D eigenvalue weighted by Crippen LogP contribution is -1.82. The largest absolute Gasteiger partial charge is 0.506 e. The number of para-hydroxylation sites is 2. The van der Waals surface area contributed by atoms with Crippen LogP contribution in [0.4, 0.5) is 5.69 Å². The molecule has 0 amide bonds. The molecule has 0 fully saturated rings. The molecule has 0 heterocycles. The van der Waals surface area contributed by atoms with Crippen molar-refractivity contribution >= 4 is 19.2 Å². The summed E-state index contributed by atoms with van der Waals surface area (Å²) in [7, 11) is 0. The van der Waals surface area contributed by atoms with E-state index in [9.17, 15) is 0 Å². The van der Waals surface area contributed by atoms with Gasteiger partial charge in [0.2, 0.25) is 0 Å². The first-order valence-electron chi connectivity index (χ1n) is 2.34. The number of aromatic hydroxyl groups is 1. The predicted octanol–water partition coefficient (Wildman–Crippen LogP) is 1.09. The van der Waals surface area contributed by atoms with Crippen LogP contribution in [0.1, 0.15) is 0 Å². The topological polar surface area (TPSA) is 46.2 Å². The Kier molecular flexibility index (Phi) is 2.95. The van der Waals surface area contributed by atoms with Crippen molar-refractivity contribution in [1.82, 2.24) is 0 Å². The number of phenolic OH excluding ortho intramolecular Hbond substituents is 1. The third-order valence-electron chi connectivity index (χ3n) is 0.937. The zero-order chi connectivity index (χ0) is 5.98. The van der Waals surface area contributed by atoms with Crippen LogP contribution >= 0.6 is 13.5 Å². The molecule has 0 unspecified atom stereocenters. The Morgan fingerprint density at radius 3 is 2.11 bits per heavy atom. The molecule has 0 bridgehead atoms. The molecule has 0 saturated carbocycles. The van der Waals surface area contributed by atoms with Crippen molar-refractivity contribution in [2.75, 3.05) is 5.73 Å². The van der Waals surface area contributed by atoms with Gasteiger partial charge < -0.3 is 10.8 Å². The monoisotopic (exact) mass is 143 g/mol. The number of hydrogen-bond acceptors (Lipinski definition) is 2. The van der Waals surface area contributed by atoms with Gasteiger partial charge in [-0.05, 0) is 12.1 Å². The molecule has 2 nitrogen and oxygen atoms in total. The van der Waals surface area contributed by atoms with E-state index in [0.29, 0.717) is 5.69 Å². The molecule has 3 N–H and O–H groups in total. The van der Waals surface area contributed by atoms with Crippen LogP contribution in [0.2, 0.25) is 0 Å². The van der Waals surface area contributed by atoms with Gasteiger partial charge in [0.15, 0.2) is 0 Å². The molecule has 50 valence electrons. The smallest absolute Gasteiger partial charge is 0.138 e. The van der Waals surface area contributed by atoms with Crippen LogP contribution in [0.15, 0.2) is 24.3 Å². The molecule has 0 atom stereocenters. The van der Waals surface area contributed by atoms with Gasteiger partial charge in [0.25, 0.3) is 0 Å². The van der Waals surface area contributed by atoms with Crippen LogP contribution in [0, 0.1) is 0 Å². The Balaban J connectivity index is 0.000000640. The summed E-state index contributed by atoms with van der Waals surface area (Å²) in [6.07, 6.45) is 0. The number of anilines is 1. The number of phenols is 1. The Bertz CT molecular complexity index is 169. The van der Waals surface area contributed by atoms with Gasteiger partial charge in [-0.1, -0.05) is 12.1 Å². The van der Waals surface area contributed by atoms with Crippen molar-refractivity contribution < 1.29 is 5.11 Å². The van der Waals surface area contributed by atoms with Gasteiger partial charge in [-0.15, -0.1) is 0 Å². The SMILES string of the molecule is Nc1ccccc1O.S. The van der Waals surface area contributed by atoms with E-state index in [-0.39, 0.29) is 19.2 Å². The first-order valence-corrected chi connectivity index (χ1v) is 2.34. The normalized spacial score (nSPS) is 8.00. The quantitative estimate of drug-likeness (QED) is 0.422. The fourth-order valence-electron chi connectivity index (χ4n) is 0.488. The molecule has 0 aliphatic heterocycles. The maximum absolute atomic E-state index is 8.79. The lowest BCUT2D eigenvalue weighted by molar-refractivity contribution is 0.478. The van der Waals surface area contributed by atoms with Crippen LogP contribution in [0.5, 0.6) is 5.75 Å². The molecule has 9 heavy (non-hydrogen) atoms. The molecule has 0 radical (unpaired) electrons. The second-order valence-corrected chi connectivity index (χ2v) is 1.56. The van der Waals surface area contributed by atoms with Gasteiger partial charge in [-0.3, -0.25) is 0 Å². The van der Waals surface area contributed by atoms with Gasteiger partial charge in [0, 0.05) is 0 Å². The lowest BCUT2D eigenvalue weighted by Gasteiger charge is -1.92. The number of nitrogens with two attached hydrogens (primary N) is 1. The summed E-state index contributed by atoms with van der Waals surface area (Å²) in [4.78, 5) is 0. The highest BCUT2D eigenvalue weighted by molar-refractivity contribution is 7.59. The maximum atomic E-state index is 8.79. The van der Waals surface area contributed by atoms with Gasteiger partial charge in [-0.2, -0.15) is 13.5 Å². The minimum absolute atomic E-state index is 0. The van der Waals surface area contributed by atoms with Gasteiger partial charge >= 0.3 is 0 Å². The minimum atomic E-state index is 0. The highest BCUT2D eigenvalue weighted by Gasteiger charge is 1.87. The molecule has 0 saturated heterocycles. The van der Waals surface area contributed by atoms with E-state index in [1.807, 2.05) is 0 Å². The van der Waals surface area contributed by atoms with Crippen LogP contribution in [-0.2, 0) is 0 Å². The highest BCUT2D eigenvalue weighted by atomic mass is 32.1. The molecule has 3 heteroatoms. The first kappa shape index (κ1) is 8.17. The molecule has 1 rings (SSSR count). The molecule has 0 aromatic heterocycles. The zero-order valence-corrected chi connectivity index (χ0v) is 5.83. The second-order valence-electron chi connectivity index (χ2n) is 1.56. The van der Waals surface area contributed by atoms with E-state index in [2.05, 4.69) is 0 Å². The predicted molar refractivity (Wildman–Crippen MR) is 42.9 cm³/mol. The van der Waals surface area contributed by atoms with Crippen molar-refractivity contribution in [2.24, 2.45) is 0 Å². The van der Waals surface area contributed by atoms with Gasteiger partial charge in [-0.25, -0.2) is 0 Å². The second kappa shape index (κ2) is 3.25. The minimum Gasteiger partial charge on any atom is -0.506 e. The average Bonchev–Trinajstić information content (AvgIpc) is 1.77. The molecule has 1 aromatic carbocycles. The van der Waals surface area contributed by atoms with Crippen molar-refractivity contribution in [2.45, 2.75) is 0 Å². The Morgan fingerprint density at radius 2 is 1.78 bits per heavy atom. The van der Waals surface area contributed by atoms with E-state index >= 15 is 0 Å². The first-order chi connectivity index (χ1) is 3.80. The summed E-state index contributed by atoms with van der Waals surface area (Å²) in [6, 6.07) is 6.70. The third kappa shape index (κ3) is 1.85. The van der Waals surface area contributed by atoms with Crippen molar-refractivity contribution in [3.63, 3.8) is 0 Å². The third-order valence-corrected chi connectivity index (χ3v) is 0.937. The van der Waals surface area contributed by atoms with Crippen molar-refractivity contribution in [3.05, 3.63) is 24.3 Å². The molecule has 0 aliphatic rings. The molecular weight excluding hydrogens is 134 g/mol. The zero-order valence-electron chi connectivity index (χ0n) is 4.83. The summed E-state index contributed by atoms with van der Waals surface area (Å²) in [5, 5.41) is 8.79. The van der Waals surface area contributed by atoms with Crippen LogP contribution in [0.3, 0.4) is 0 Å². The Morgan fingerprint density at radius 1 is 1.22 bits per heavy atom. The van der Waals surface area contributed by atoms with Crippen molar-refractivity contribution in [1.29, 1.82) is 0 Å². The number of nitrogen functional groups attached to an aromatic ring is 1. The fourth-order valence-corrected chi connectivity index (χ4v) is 0.488. The average molecular weight is 143 g/mol. The maximum Gasteiger partial charge on any atom is 0.138 e. The standard InChI is InChI=1S/C6H7NO.H2S/c7-5-3-1-2-4-6(5)8;/h1-4,8H,7H2;1H2. The fraction of sp³-hybridized carbons (Fsp3) is 0. The van der Waals surface area contributed by atoms with Gasteiger partial charge in [0.1, 0.15) is 5.75 Å². The number of rotatable bonds is 0. The Hall–Kier alpha value is -0.830. The lowest BCUT2D eigenvalue weighted by atomic mass is 10.3. The van der Waals surface area contributed by atoms with E-state index in [1.54, 1.807) is 24.3 Å². The number of benzene rings is 1. The van der Waals surface area contributed by atoms with E-state index in [4.69, 9.17) is 10.8 Å². The molecule has 0 spiro atoms. The summed E-state index contributed by atoms with van der Waals surface area (Å²) < 4.78 is 0. The molecule has 1 aromatic rings. The number of hydrogen-bond donors (Lipinski definition) is 2. The van der Waals surface area contributed by atoms with E-state index < -0.39 is 0 Å². The van der Waals surface area contributed by atoms with E-state index in [0.717, 1.165) is 0 Å². The highest BCUT2D eigenvalue weighted by Crippen LogP contribution is 2.16. The summed E-state index contributed by atoms with van der Waals surface area (Å²) in [6.45, 7) is 0.